The van der Waals surface area contributed by atoms with Gasteiger partial charge in [0.15, 0.2) is 5.78 Å². The Morgan fingerprint density at radius 2 is 1.67 bits per heavy atom. The summed E-state index contributed by atoms with van der Waals surface area (Å²) in [5, 5.41) is 8.13. The Kier molecular flexibility index (Phi) is 6.55. The van der Waals surface area contributed by atoms with Gasteiger partial charge in [-0.25, -0.2) is 4.79 Å². The van der Waals surface area contributed by atoms with Crippen molar-refractivity contribution in [2.75, 3.05) is 11.5 Å². The highest BCUT2D eigenvalue weighted by Gasteiger charge is 2.23. The molecule has 10 heteroatoms. The Labute approximate surface area is 192 Å². The van der Waals surface area contributed by atoms with Crippen LogP contribution in [0.2, 0.25) is 0 Å². The maximum absolute atomic E-state index is 13.0. The Hall–Kier alpha value is -3.92. The minimum atomic E-state index is -0.703. The van der Waals surface area contributed by atoms with E-state index < -0.39 is 17.0 Å². The van der Waals surface area contributed by atoms with Crippen molar-refractivity contribution < 1.29 is 9.21 Å². The number of nitrogens with two attached hydrogens (primary N) is 1. The molecule has 0 spiro atoms. The summed E-state index contributed by atoms with van der Waals surface area (Å²) in [7, 11) is 0. The SMILES string of the molecule is CCn1c(=O)c(C(=O)CSc2nnc(-c3ccccc3)o2)c(N)n(Cc2ccccc2)c1=O. The van der Waals surface area contributed by atoms with Crippen LogP contribution in [-0.4, -0.2) is 30.9 Å². The third-order valence-electron chi connectivity index (χ3n) is 5.00. The predicted molar refractivity (Wildman–Crippen MR) is 125 cm³/mol. The molecule has 2 aromatic carbocycles. The van der Waals surface area contributed by atoms with Crippen LogP contribution in [0.5, 0.6) is 0 Å². The molecule has 0 aliphatic rings. The Bertz CT molecular complexity index is 1390. The highest BCUT2D eigenvalue weighted by Crippen LogP contribution is 2.23. The minimum Gasteiger partial charge on any atom is -0.411 e. The normalized spacial score (nSPS) is 10.9. The van der Waals surface area contributed by atoms with Gasteiger partial charge in [-0.05, 0) is 24.6 Å². The molecule has 2 heterocycles. The summed E-state index contributed by atoms with van der Waals surface area (Å²) in [6.45, 7) is 1.92. The molecular formula is C23H21N5O4S. The maximum Gasteiger partial charge on any atom is 0.332 e. The van der Waals surface area contributed by atoms with Crippen molar-refractivity contribution in [3.63, 3.8) is 0 Å². The van der Waals surface area contributed by atoms with Crippen LogP contribution >= 0.6 is 11.8 Å². The van der Waals surface area contributed by atoms with Crippen LogP contribution in [0.15, 0.2) is 79.9 Å². The zero-order valence-corrected chi connectivity index (χ0v) is 18.6. The average molecular weight is 464 g/mol. The number of carbonyl (C=O) groups is 1. The fraction of sp³-hybridized carbons (Fsp3) is 0.174. The van der Waals surface area contributed by atoms with Crippen LogP contribution in [0.1, 0.15) is 22.8 Å². The summed E-state index contributed by atoms with van der Waals surface area (Å²) in [6.07, 6.45) is 0. The zero-order valence-electron chi connectivity index (χ0n) is 17.8. The molecule has 0 saturated heterocycles. The van der Waals surface area contributed by atoms with Crippen LogP contribution < -0.4 is 17.0 Å². The molecule has 4 rings (SSSR count). The molecule has 0 aliphatic heterocycles. The van der Waals surface area contributed by atoms with E-state index in [2.05, 4.69) is 10.2 Å². The lowest BCUT2D eigenvalue weighted by atomic mass is 10.2. The van der Waals surface area contributed by atoms with Crippen molar-refractivity contribution >= 4 is 23.4 Å². The van der Waals surface area contributed by atoms with Crippen LogP contribution in [0.25, 0.3) is 11.5 Å². The number of nitrogens with zero attached hydrogens (tertiary/aromatic N) is 4. The number of anilines is 1. The number of benzene rings is 2. The highest BCUT2D eigenvalue weighted by molar-refractivity contribution is 7.99. The van der Waals surface area contributed by atoms with E-state index in [1.165, 1.54) is 4.57 Å². The number of thioether (sulfide) groups is 1. The van der Waals surface area contributed by atoms with Crippen LogP contribution in [0.4, 0.5) is 5.82 Å². The van der Waals surface area contributed by atoms with E-state index in [1.54, 1.807) is 6.92 Å². The van der Waals surface area contributed by atoms with Gasteiger partial charge in [0.05, 0.1) is 12.3 Å². The van der Waals surface area contributed by atoms with Gasteiger partial charge in [-0.1, -0.05) is 60.3 Å². The molecule has 0 aliphatic carbocycles. The van der Waals surface area contributed by atoms with Crippen molar-refractivity contribution in [1.82, 2.24) is 19.3 Å². The average Bonchev–Trinajstić information content (AvgIpc) is 3.31. The van der Waals surface area contributed by atoms with E-state index in [0.717, 1.165) is 27.5 Å². The molecule has 0 unspecified atom stereocenters. The summed E-state index contributed by atoms with van der Waals surface area (Å²) in [5.74, 6) is -0.496. The highest BCUT2D eigenvalue weighted by atomic mass is 32.2. The molecule has 0 fully saturated rings. The molecule has 168 valence electrons. The summed E-state index contributed by atoms with van der Waals surface area (Å²) >= 11 is 1.00. The topological polar surface area (TPSA) is 126 Å². The van der Waals surface area contributed by atoms with E-state index in [9.17, 15) is 14.4 Å². The fourth-order valence-corrected chi connectivity index (χ4v) is 3.98. The van der Waals surface area contributed by atoms with Gasteiger partial charge in [0.25, 0.3) is 10.8 Å². The molecule has 9 nitrogen and oxygen atoms in total. The number of ketones is 1. The first-order chi connectivity index (χ1) is 16.0. The van der Waals surface area contributed by atoms with Crippen molar-refractivity contribution in [3.8, 4) is 11.5 Å². The zero-order chi connectivity index (χ0) is 23.4. The molecule has 2 aromatic heterocycles. The maximum atomic E-state index is 13.0. The van der Waals surface area contributed by atoms with Crippen LogP contribution in [0, 0.1) is 0 Å². The summed E-state index contributed by atoms with van der Waals surface area (Å²) < 4.78 is 7.86. The standard InChI is InChI=1S/C23H21N5O4S/c1-2-27-21(30)18(19(24)28(23(27)31)13-15-9-5-3-6-10-15)17(29)14-33-22-26-25-20(32-22)16-11-7-4-8-12-16/h3-12H,2,13-14,24H2,1H3. The Balaban J connectivity index is 1.61. The van der Waals surface area contributed by atoms with Crippen molar-refractivity contribution in [3.05, 3.63) is 92.6 Å². The van der Waals surface area contributed by atoms with Crippen molar-refractivity contribution in [2.24, 2.45) is 0 Å². The quantitative estimate of drug-likeness (QED) is 0.312. The largest absolute Gasteiger partial charge is 0.411 e. The lowest BCUT2D eigenvalue weighted by molar-refractivity contribution is 0.102. The first kappa shape index (κ1) is 22.3. The third kappa shape index (κ3) is 4.65. The molecular weight excluding hydrogens is 442 g/mol. The lowest BCUT2D eigenvalue weighted by Gasteiger charge is -2.15. The van der Waals surface area contributed by atoms with Crippen LogP contribution in [0.3, 0.4) is 0 Å². The van der Waals surface area contributed by atoms with Crippen LogP contribution in [-0.2, 0) is 13.1 Å². The second-order valence-corrected chi connectivity index (χ2v) is 8.04. The summed E-state index contributed by atoms with van der Waals surface area (Å²) in [5.41, 5.74) is 6.27. The molecule has 0 bridgehead atoms. The number of Topliss-reactive ketones (excluding diaryl/α,β-unsaturated/α-hetero) is 1. The monoisotopic (exact) mass is 463 g/mol. The van der Waals surface area contributed by atoms with E-state index in [-0.39, 0.29) is 35.4 Å². The number of aromatic nitrogens is 4. The smallest absolute Gasteiger partial charge is 0.332 e. The number of hydrogen-bond donors (Lipinski definition) is 1. The van der Waals surface area contributed by atoms with Gasteiger partial charge in [-0.15, -0.1) is 10.2 Å². The summed E-state index contributed by atoms with van der Waals surface area (Å²) in [4.78, 5) is 38.7. The van der Waals surface area contributed by atoms with Gasteiger partial charge in [0.1, 0.15) is 11.4 Å². The van der Waals surface area contributed by atoms with E-state index in [4.69, 9.17) is 10.2 Å². The molecule has 0 saturated carbocycles. The molecule has 4 aromatic rings. The van der Waals surface area contributed by atoms with Gasteiger partial charge in [-0.3, -0.25) is 18.7 Å². The van der Waals surface area contributed by atoms with E-state index >= 15 is 0 Å². The number of nitrogen functional groups attached to an aromatic ring is 1. The van der Waals surface area contributed by atoms with Gasteiger partial charge in [0.2, 0.25) is 5.89 Å². The van der Waals surface area contributed by atoms with Gasteiger partial charge >= 0.3 is 5.69 Å². The van der Waals surface area contributed by atoms with E-state index in [0.29, 0.717) is 5.89 Å². The third-order valence-corrected chi connectivity index (χ3v) is 5.82. The Morgan fingerprint density at radius 1 is 1.00 bits per heavy atom. The van der Waals surface area contributed by atoms with Gasteiger partial charge < -0.3 is 10.2 Å². The Morgan fingerprint density at radius 3 is 2.33 bits per heavy atom. The fourth-order valence-electron chi connectivity index (χ4n) is 3.34. The first-order valence-electron chi connectivity index (χ1n) is 10.2. The van der Waals surface area contributed by atoms with Gasteiger partial charge in [0, 0.05) is 12.1 Å². The molecule has 0 amide bonds. The molecule has 0 atom stereocenters. The molecule has 0 radical (unpaired) electrons. The number of rotatable bonds is 8. The predicted octanol–water partition coefficient (Wildman–Crippen LogP) is 2.69. The second-order valence-electron chi connectivity index (χ2n) is 7.11. The summed E-state index contributed by atoms with van der Waals surface area (Å²) in [6, 6.07) is 18.4. The number of carbonyl (C=O) groups excluding carboxylic acids is 1. The first-order valence-corrected chi connectivity index (χ1v) is 11.2. The van der Waals surface area contributed by atoms with Crippen molar-refractivity contribution in [1.29, 1.82) is 0 Å². The minimum absolute atomic E-state index is 0.115. The van der Waals surface area contributed by atoms with Crippen molar-refractivity contribution in [2.45, 2.75) is 25.2 Å². The lowest BCUT2D eigenvalue weighted by Crippen LogP contribution is -2.44. The molecule has 2 N–H and O–H groups in total. The molecule has 33 heavy (non-hydrogen) atoms. The number of hydrogen-bond acceptors (Lipinski definition) is 8. The second kappa shape index (κ2) is 9.70. The van der Waals surface area contributed by atoms with E-state index in [1.807, 2.05) is 60.7 Å². The van der Waals surface area contributed by atoms with Gasteiger partial charge in [-0.2, -0.15) is 0 Å².